The van der Waals surface area contributed by atoms with Crippen molar-refractivity contribution in [2.24, 2.45) is 11.8 Å². The average Bonchev–Trinajstić information content (AvgIpc) is 3.14. The van der Waals surface area contributed by atoms with Crippen molar-refractivity contribution in [3.63, 3.8) is 0 Å². The van der Waals surface area contributed by atoms with Gasteiger partial charge in [-0.15, -0.1) is 22.7 Å². The summed E-state index contributed by atoms with van der Waals surface area (Å²) < 4.78 is 0. The lowest BCUT2D eigenvalue weighted by molar-refractivity contribution is 0.0945. The predicted octanol–water partition coefficient (Wildman–Crippen LogP) is 3.65. The molecular weight excluding hydrogens is 316 g/mol. The number of carbonyl (C=O) groups is 1. The fourth-order valence-electron chi connectivity index (χ4n) is 2.37. The molecule has 2 N–H and O–H groups in total. The number of carbonyl (C=O) groups excluding carboxylic acids is 1. The second kappa shape index (κ2) is 8.41. The fraction of sp³-hybridized carbons (Fsp3) is 0.500. The summed E-state index contributed by atoms with van der Waals surface area (Å²) in [5, 5.41) is 15.0. The molecule has 2 aromatic heterocycles. The summed E-state index contributed by atoms with van der Waals surface area (Å²) in [7, 11) is 0. The molecule has 0 saturated heterocycles. The van der Waals surface area contributed by atoms with E-state index in [2.05, 4.69) is 24.1 Å². The molecule has 2 aromatic rings. The first-order valence-electron chi connectivity index (χ1n) is 7.49. The molecule has 0 spiro atoms. The Labute approximate surface area is 139 Å². The highest BCUT2D eigenvalue weighted by Crippen LogP contribution is 2.28. The number of thiophene rings is 1. The summed E-state index contributed by atoms with van der Waals surface area (Å²) in [6, 6.07) is 3.98. The summed E-state index contributed by atoms with van der Waals surface area (Å²) in [5.74, 6) is 0.799. The number of nitrogens with zero attached hydrogens (tertiary/aromatic N) is 1. The lowest BCUT2D eigenvalue weighted by Crippen LogP contribution is -2.29. The SMILES string of the molecule is CC(C)CC(CCO)CNC(=O)c1cnc(-c2cccs2)s1. The minimum absolute atomic E-state index is 0.0768. The second-order valence-electron chi connectivity index (χ2n) is 5.72. The lowest BCUT2D eigenvalue weighted by Gasteiger charge is -2.18. The summed E-state index contributed by atoms with van der Waals surface area (Å²) in [5.41, 5.74) is 0. The highest BCUT2D eigenvalue weighted by atomic mass is 32.1. The van der Waals surface area contributed by atoms with Gasteiger partial charge in [-0.3, -0.25) is 4.79 Å². The maximum atomic E-state index is 12.2. The number of rotatable bonds is 8. The van der Waals surface area contributed by atoms with E-state index >= 15 is 0 Å². The Kier molecular flexibility index (Phi) is 6.54. The molecular formula is C16H22N2O2S2. The Balaban J connectivity index is 1.91. The second-order valence-corrected chi connectivity index (χ2v) is 7.70. The van der Waals surface area contributed by atoms with Gasteiger partial charge < -0.3 is 10.4 Å². The van der Waals surface area contributed by atoms with Crippen molar-refractivity contribution in [3.05, 3.63) is 28.6 Å². The molecule has 0 bridgehead atoms. The Morgan fingerprint density at radius 1 is 1.45 bits per heavy atom. The van der Waals surface area contributed by atoms with Crippen LogP contribution in [0.3, 0.4) is 0 Å². The van der Waals surface area contributed by atoms with Crippen molar-refractivity contribution in [2.75, 3.05) is 13.2 Å². The number of aromatic nitrogens is 1. The zero-order valence-electron chi connectivity index (χ0n) is 12.9. The number of aliphatic hydroxyl groups excluding tert-OH is 1. The molecule has 2 heterocycles. The van der Waals surface area contributed by atoms with Crippen LogP contribution in [0, 0.1) is 11.8 Å². The maximum absolute atomic E-state index is 12.2. The van der Waals surface area contributed by atoms with Crippen LogP contribution in [-0.2, 0) is 0 Å². The van der Waals surface area contributed by atoms with Crippen LogP contribution in [0.25, 0.3) is 9.88 Å². The normalized spacial score (nSPS) is 12.5. The van der Waals surface area contributed by atoms with Crippen LogP contribution < -0.4 is 5.32 Å². The van der Waals surface area contributed by atoms with Crippen molar-refractivity contribution in [1.82, 2.24) is 10.3 Å². The van der Waals surface area contributed by atoms with Crippen LogP contribution >= 0.6 is 22.7 Å². The number of amides is 1. The lowest BCUT2D eigenvalue weighted by atomic mass is 9.94. The van der Waals surface area contributed by atoms with Gasteiger partial charge >= 0.3 is 0 Å². The minimum atomic E-state index is -0.0768. The molecule has 0 saturated carbocycles. The monoisotopic (exact) mass is 338 g/mol. The van der Waals surface area contributed by atoms with E-state index in [1.807, 2.05) is 17.5 Å². The van der Waals surface area contributed by atoms with Gasteiger partial charge in [-0.25, -0.2) is 4.98 Å². The summed E-state index contributed by atoms with van der Waals surface area (Å²) in [6.45, 7) is 5.07. The molecule has 0 fully saturated rings. The molecule has 0 aliphatic rings. The van der Waals surface area contributed by atoms with Gasteiger partial charge in [-0.2, -0.15) is 0 Å². The highest BCUT2D eigenvalue weighted by Gasteiger charge is 2.15. The van der Waals surface area contributed by atoms with Gasteiger partial charge in [0.2, 0.25) is 0 Å². The zero-order valence-corrected chi connectivity index (χ0v) is 14.5. The Bertz CT molecular complexity index is 579. The molecule has 0 aromatic carbocycles. The van der Waals surface area contributed by atoms with Gasteiger partial charge in [0.15, 0.2) is 0 Å². The molecule has 4 nitrogen and oxygen atoms in total. The van der Waals surface area contributed by atoms with E-state index < -0.39 is 0 Å². The topological polar surface area (TPSA) is 62.2 Å². The van der Waals surface area contributed by atoms with Crippen molar-refractivity contribution in [2.45, 2.75) is 26.7 Å². The van der Waals surface area contributed by atoms with Crippen LogP contribution in [0.4, 0.5) is 0 Å². The molecule has 0 radical (unpaired) electrons. The van der Waals surface area contributed by atoms with Gasteiger partial charge in [0.25, 0.3) is 5.91 Å². The molecule has 2 rings (SSSR count). The largest absolute Gasteiger partial charge is 0.396 e. The molecule has 120 valence electrons. The van der Waals surface area contributed by atoms with Gasteiger partial charge in [0.05, 0.1) is 11.1 Å². The van der Waals surface area contributed by atoms with E-state index in [0.717, 1.165) is 22.7 Å². The average molecular weight is 338 g/mol. The first-order valence-corrected chi connectivity index (χ1v) is 9.18. The standard InChI is InChI=1S/C16H22N2O2S2/c1-11(2)8-12(5-6-19)9-17-15(20)14-10-18-16(22-14)13-4-3-7-21-13/h3-4,7,10-12,19H,5-6,8-9H2,1-2H3,(H,17,20). The third-order valence-corrected chi connectivity index (χ3v) is 5.39. The highest BCUT2D eigenvalue weighted by molar-refractivity contribution is 7.21. The quantitative estimate of drug-likeness (QED) is 0.772. The van der Waals surface area contributed by atoms with Crippen molar-refractivity contribution < 1.29 is 9.90 Å². The Morgan fingerprint density at radius 3 is 2.91 bits per heavy atom. The van der Waals surface area contributed by atoms with E-state index in [1.165, 1.54) is 11.3 Å². The van der Waals surface area contributed by atoms with Crippen molar-refractivity contribution in [3.8, 4) is 9.88 Å². The van der Waals surface area contributed by atoms with Crippen LogP contribution in [0.1, 0.15) is 36.4 Å². The predicted molar refractivity (Wildman–Crippen MR) is 92.4 cm³/mol. The van der Waals surface area contributed by atoms with Gasteiger partial charge in [-0.1, -0.05) is 19.9 Å². The van der Waals surface area contributed by atoms with E-state index in [-0.39, 0.29) is 12.5 Å². The van der Waals surface area contributed by atoms with Gasteiger partial charge in [0, 0.05) is 13.2 Å². The third kappa shape index (κ3) is 4.90. The maximum Gasteiger partial charge on any atom is 0.263 e. The number of hydrogen-bond acceptors (Lipinski definition) is 5. The molecule has 0 aliphatic heterocycles. The van der Waals surface area contributed by atoms with Crippen LogP contribution in [0.15, 0.2) is 23.7 Å². The Morgan fingerprint density at radius 2 is 2.27 bits per heavy atom. The zero-order chi connectivity index (χ0) is 15.9. The number of aliphatic hydroxyl groups is 1. The van der Waals surface area contributed by atoms with E-state index in [4.69, 9.17) is 5.11 Å². The van der Waals surface area contributed by atoms with Crippen LogP contribution in [0.5, 0.6) is 0 Å². The first kappa shape index (κ1) is 17.1. The molecule has 22 heavy (non-hydrogen) atoms. The third-order valence-electron chi connectivity index (χ3n) is 3.35. The number of nitrogens with one attached hydrogen (secondary N) is 1. The minimum Gasteiger partial charge on any atom is -0.396 e. The molecule has 1 unspecified atom stereocenters. The van der Waals surface area contributed by atoms with E-state index in [9.17, 15) is 4.79 Å². The summed E-state index contributed by atoms with van der Waals surface area (Å²) >= 11 is 3.04. The smallest absolute Gasteiger partial charge is 0.263 e. The Hall–Kier alpha value is -1.24. The van der Waals surface area contributed by atoms with Crippen molar-refractivity contribution in [1.29, 1.82) is 0 Å². The van der Waals surface area contributed by atoms with E-state index in [1.54, 1.807) is 17.5 Å². The first-order chi connectivity index (χ1) is 10.6. The molecule has 1 atom stereocenters. The summed E-state index contributed by atoms with van der Waals surface area (Å²) in [4.78, 5) is 18.3. The van der Waals surface area contributed by atoms with Crippen molar-refractivity contribution >= 4 is 28.6 Å². The summed E-state index contributed by atoms with van der Waals surface area (Å²) in [6.07, 6.45) is 3.37. The number of thiazole rings is 1. The van der Waals surface area contributed by atoms with E-state index in [0.29, 0.717) is 23.3 Å². The molecule has 6 heteroatoms. The van der Waals surface area contributed by atoms with Crippen LogP contribution in [0.2, 0.25) is 0 Å². The van der Waals surface area contributed by atoms with Gasteiger partial charge in [-0.05, 0) is 36.1 Å². The van der Waals surface area contributed by atoms with Crippen LogP contribution in [-0.4, -0.2) is 29.1 Å². The van der Waals surface area contributed by atoms with Gasteiger partial charge in [0.1, 0.15) is 9.88 Å². The number of hydrogen-bond donors (Lipinski definition) is 2. The molecule has 1 amide bonds. The fourth-order valence-corrected chi connectivity index (χ4v) is 4.01. The molecule has 0 aliphatic carbocycles.